The van der Waals surface area contributed by atoms with Gasteiger partial charge in [-0.25, -0.2) is 4.79 Å². The second-order valence-corrected chi connectivity index (χ2v) is 16.1. The molecule has 0 aromatic rings. The van der Waals surface area contributed by atoms with E-state index >= 15 is 0 Å². The first-order valence-corrected chi connectivity index (χ1v) is 20.9. The second-order valence-electron chi connectivity index (χ2n) is 16.1. The van der Waals surface area contributed by atoms with Gasteiger partial charge in [0.15, 0.2) is 18.7 Å². The first-order chi connectivity index (χ1) is 27.3. The molecule has 0 bridgehead atoms. The quantitative estimate of drug-likeness (QED) is 0.0673. The number of amides is 2. The molecule has 2 saturated heterocycles. The Morgan fingerprint density at radius 2 is 1.58 bits per heavy atom. The number of ether oxygens (including phenoxy) is 6. The molecule has 4 rings (SSSR count). The van der Waals surface area contributed by atoms with E-state index in [0.717, 1.165) is 44.9 Å². The first kappa shape index (κ1) is 47.6. The van der Waals surface area contributed by atoms with Crippen molar-refractivity contribution in [2.75, 3.05) is 33.0 Å². The van der Waals surface area contributed by atoms with Crippen LogP contribution in [0.25, 0.3) is 0 Å². The fraction of sp³-hybridized carbons (Fsp3) is 0.923. The van der Waals surface area contributed by atoms with Gasteiger partial charge in [0.05, 0.1) is 31.5 Å². The molecule has 18 nitrogen and oxygen atoms in total. The molecule has 4 aliphatic rings. The van der Waals surface area contributed by atoms with Crippen molar-refractivity contribution in [2.45, 2.75) is 177 Å². The number of carboxylic acid groups (broad SMARTS) is 1. The molecule has 9 N–H and O–H groups in total. The summed E-state index contributed by atoms with van der Waals surface area (Å²) in [6.45, 7) is 5.08. The summed E-state index contributed by atoms with van der Waals surface area (Å²) in [7, 11) is 0. The molecule has 4 fully saturated rings. The minimum absolute atomic E-state index is 0.0442. The predicted octanol–water partition coefficient (Wildman–Crippen LogP) is -0.292. The highest BCUT2D eigenvalue weighted by Crippen LogP contribution is 2.40. The topological polar surface area (TPSA) is 272 Å². The average Bonchev–Trinajstić information content (AvgIpc) is 3.19. The Morgan fingerprint density at radius 1 is 0.842 bits per heavy atom. The third kappa shape index (κ3) is 13.5. The zero-order valence-electron chi connectivity index (χ0n) is 33.6. The normalized spacial score (nSPS) is 37.0. The molecular weight excluding hydrogens is 752 g/mol. The fourth-order valence-electron chi connectivity index (χ4n) is 8.56. The smallest absolute Gasteiger partial charge is 0.332 e. The van der Waals surface area contributed by atoms with Crippen LogP contribution < -0.4 is 10.6 Å². The second kappa shape index (κ2) is 23.6. The molecule has 2 heterocycles. The van der Waals surface area contributed by atoms with Gasteiger partial charge in [-0.2, -0.15) is 0 Å². The summed E-state index contributed by atoms with van der Waals surface area (Å²) >= 11 is 0. The third-order valence-corrected chi connectivity index (χ3v) is 11.8. The van der Waals surface area contributed by atoms with E-state index in [4.69, 9.17) is 33.5 Å². The number of hydrogen-bond acceptors (Lipinski definition) is 15. The van der Waals surface area contributed by atoms with E-state index in [1.165, 1.54) is 13.8 Å². The van der Waals surface area contributed by atoms with Crippen LogP contribution in [0.2, 0.25) is 0 Å². The Balaban J connectivity index is 1.60. The van der Waals surface area contributed by atoms with E-state index < -0.39 is 110 Å². The van der Waals surface area contributed by atoms with Crippen LogP contribution in [0.15, 0.2) is 0 Å². The van der Waals surface area contributed by atoms with Gasteiger partial charge in [0, 0.05) is 32.6 Å². The van der Waals surface area contributed by atoms with E-state index in [9.17, 15) is 45.0 Å². The molecule has 2 aliphatic carbocycles. The fourth-order valence-corrected chi connectivity index (χ4v) is 8.56. The Labute approximate surface area is 334 Å². The van der Waals surface area contributed by atoms with Crippen LogP contribution in [-0.4, -0.2) is 166 Å². The summed E-state index contributed by atoms with van der Waals surface area (Å²) in [5, 5.41) is 78.4. The molecule has 18 heteroatoms. The molecule has 0 aromatic heterocycles. The largest absolute Gasteiger partial charge is 0.479 e. The minimum atomic E-state index is -1.64. The SMILES string of the molecule is CCC1CC(C(=O)NCCOCCCCCO)C[C@@H](O[C@@H]2OC(CO)[C@H](O)C(O[C@@H](CC3CCCCC3)C(=O)O)C2NC(C)=O)C1O[C@@H]1OC(C)[C@@H](O)C(O)C1O. The summed E-state index contributed by atoms with van der Waals surface area (Å²) in [6.07, 6.45) is -7.89. The van der Waals surface area contributed by atoms with Crippen molar-refractivity contribution >= 4 is 17.8 Å². The van der Waals surface area contributed by atoms with Gasteiger partial charge in [-0.05, 0) is 57.3 Å². The van der Waals surface area contributed by atoms with Crippen LogP contribution in [-0.2, 0) is 42.8 Å². The average molecular weight is 821 g/mol. The highest BCUT2D eigenvalue weighted by Gasteiger charge is 2.53. The Morgan fingerprint density at radius 3 is 2.23 bits per heavy atom. The zero-order chi connectivity index (χ0) is 41.6. The van der Waals surface area contributed by atoms with E-state index in [1.807, 2.05) is 6.92 Å². The van der Waals surface area contributed by atoms with Gasteiger partial charge in [-0.15, -0.1) is 0 Å². The van der Waals surface area contributed by atoms with E-state index in [1.54, 1.807) is 0 Å². The van der Waals surface area contributed by atoms with Crippen molar-refractivity contribution in [3.8, 4) is 0 Å². The van der Waals surface area contributed by atoms with Crippen molar-refractivity contribution < 1.29 is 78.6 Å². The van der Waals surface area contributed by atoms with E-state index in [2.05, 4.69) is 10.6 Å². The van der Waals surface area contributed by atoms with Gasteiger partial charge in [0.1, 0.15) is 42.7 Å². The van der Waals surface area contributed by atoms with Crippen molar-refractivity contribution in [3.63, 3.8) is 0 Å². The number of hydrogen-bond donors (Lipinski definition) is 9. The van der Waals surface area contributed by atoms with Gasteiger partial charge in [-0.3, -0.25) is 9.59 Å². The maximum Gasteiger partial charge on any atom is 0.332 e. The first-order valence-electron chi connectivity index (χ1n) is 20.9. The maximum absolute atomic E-state index is 13.6. The predicted molar refractivity (Wildman–Crippen MR) is 200 cm³/mol. The monoisotopic (exact) mass is 820 g/mol. The van der Waals surface area contributed by atoms with Crippen LogP contribution in [0.1, 0.15) is 97.8 Å². The number of aliphatic hydroxyl groups is 6. The maximum atomic E-state index is 13.6. The van der Waals surface area contributed by atoms with Crippen LogP contribution in [0.5, 0.6) is 0 Å². The van der Waals surface area contributed by atoms with Crippen molar-refractivity contribution in [1.29, 1.82) is 0 Å². The lowest BCUT2D eigenvalue weighted by molar-refractivity contribution is -0.338. The number of nitrogens with one attached hydrogen (secondary N) is 2. The molecule has 0 spiro atoms. The van der Waals surface area contributed by atoms with Gasteiger partial charge in [0.2, 0.25) is 11.8 Å². The summed E-state index contributed by atoms with van der Waals surface area (Å²) in [4.78, 5) is 38.9. The summed E-state index contributed by atoms with van der Waals surface area (Å²) in [6, 6.07) is -1.29. The van der Waals surface area contributed by atoms with Crippen LogP contribution in [0.3, 0.4) is 0 Å². The number of rotatable bonds is 21. The standard InChI is InChI=1S/C39H68N2O16/c1-4-24-18-25(36(49)40-13-16-52-15-10-6-9-14-42)19-26(34(24)57-39-33(48)32(47)30(45)21(2)53-39)55-38-29(41-22(3)44)35(31(46)28(20-43)56-38)54-27(37(50)51)17-23-11-7-5-8-12-23/h21,23-35,38-39,42-43,45-48H,4-20H2,1-3H3,(H,40,49)(H,41,44)(H,50,51)/t21?,24?,25?,26-,27+,28?,29?,30-,31+,32?,33?,34?,35?,38-,39+/m1/s1. The molecule has 15 atom stereocenters. The molecule has 330 valence electrons. The zero-order valence-corrected chi connectivity index (χ0v) is 33.6. The van der Waals surface area contributed by atoms with Crippen molar-refractivity contribution in [3.05, 3.63) is 0 Å². The molecule has 0 aromatic carbocycles. The van der Waals surface area contributed by atoms with Crippen molar-refractivity contribution in [1.82, 2.24) is 10.6 Å². The summed E-state index contributed by atoms with van der Waals surface area (Å²) in [5.41, 5.74) is 0. The van der Waals surface area contributed by atoms with Crippen molar-refractivity contribution in [2.24, 2.45) is 17.8 Å². The molecule has 0 radical (unpaired) electrons. The lowest BCUT2D eigenvalue weighted by Gasteiger charge is -2.49. The molecular formula is C39H68N2O16. The summed E-state index contributed by atoms with van der Waals surface area (Å²) < 4.78 is 36.7. The van der Waals surface area contributed by atoms with Crippen LogP contribution in [0.4, 0.5) is 0 Å². The third-order valence-electron chi connectivity index (χ3n) is 11.8. The van der Waals surface area contributed by atoms with Gasteiger partial charge in [0.25, 0.3) is 0 Å². The molecule has 2 saturated carbocycles. The lowest BCUT2D eigenvalue weighted by Crippen LogP contribution is -2.67. The van der Waals surface area contributed by atoms with Gasteiger partial charge in [-0.1, -0.05) is 45.4 Å². The number of unbranched alkanes of at least 4 members (excludes halogenated alkanes) is 2. The number of aliphatic carboxylic acids is 1. The molecule has 2 aliphatic heterocycles. The van der Waals surface area contributed by atoms with Crippen LogP contribution in [0, 0.1) is 17.8 Å². The molecule has 57 heavy (non-hydrogen) atoms. The Bertz CT molecular complexity index is 1230. The summed E-state index contributed by atoms with van der Waals surface area (Å²) in [5.74, 6) is -2.99. The Hall–Kier alpha value is -2.07. The lowest BCUT2D eigenvalue weighted by atomic mass is 9.75. The number of carbonyl (C=O) groups is 3. The molecule has 9 unspecified atom stereocenters. The van der Waals surface area contributed by atoms with E-state index in [0.29, 0.717) is 25.9 Å². The number of carboxylic acids is 1. The molecule has 2 amide bonds. The highest BCUT2D eigenvalue weighted by atomic mass is 16.7. The van der Waals surface area contributed by atoms with Gasteiger partial charge < -0.3 is 74.8 Å². The minimum Gasteiger partial charge on any atom is -0.479 e. The Kier molecular flexibility index (Phi) is 19.8. The van der Waals surface area contributed by atoms with Gasteiger partial charge >= 0.3 is 5.97 Å². The van der Waals surface area contributed by atoms with E-state index in [-0.39, 0.29) is 44.4 Å². The van der Waals surface area contributed by atoms with Crippen LogP contribution >= 0.6 is 0 Å². The number of carbonyl (C=O) groups excluding carboxylic acids is 2. The number of aliphatic hydroxyl groups excluding tert-OH is 6. The highest BCUT2D eigenvalue weighted by molar-refractivity contribution is 5.78.